The van der Waals surface area contributed by atoms with Gasteiger partial charge in [0.25, 0.3) is 0 Å². The Morgan fingerprint density at radius 1 is 1.10 bits per heavy atom. The molecule has 0 saturated carbocycles. The molecule has 1 atom stereocenters. The van der Waals surface area contributed by atoms with Gasteiger partial charge in [0.15, 0.2) is 17.5 Å². The van der Waals surface area contributed by atoms with Crippen LogP contribution in [0.3, 0.4) is 0 Å². The molecule has 0 spiro atoms. The Labute approximate surface area is 202 Å². The number of rotatable bonds is 10. The number of halogens is 1. The number of para-hydroxylation sites is 2. The van der Waals surface area contributed by atoms with Crippen LogP contribution in [0.25, 0.3) is 0 Å². The number of hydrogen-bond donors (Lipinski definition) is 2. The van der Waals surface area contributed by atoms with Gasteiger partial charge in [0.05, 0.1) is 19.4 Å². The second-order valence-electron chi connectivity index (χ2n) is 7.06. The summed E-state index contributed by atoms with van der Waals surface area (Å²) < 4.78 is 33.9. The Morgan fingerprint density at radius 2 is 1.74 bits per heavy atom. The van der Waals surface area contributed by atoms with Crippen molar-refractivity contribution < 1.29 is 17.9 Å². The standard InChI is InChI=1S/C22H31N3O4S.HI/c1-5-23-22(25-17(2)14-15-30(4,26)27)24-16-18-10-12-19(13-11-18)29-21-9-7-6-8-20(21)28-3;/h6-13,17H,5,14-16H2,1-4H3,(H2,23,24,25);1H. The summed E-state index contributed by atoms with van der Waals surface area (Å²) >= 11 is 0. The minimum Gasteiger partial charge on any atom is -0.493 e. The summed E-state index contributed by atoms with van der Waals surface area (Å²) in [5.41, 5.74) is 1.03. The highest BCUT2D eigenvalue weighted by atomic mass is 127. The summed E-state index contributed by atoms with van der Waals surface area (Å²) in [5.74, 6) is 2.86. The van der Waals surface area contributed by atoms with Gasteiger partial charge in [-0.3, -0.25) is 0 Å². The van der Waals surface area contributed by atoms with Crippen LogP contribution in [-0.2, 0) is 16.4 Å². The molecule has 2 N–H and O–H groups in total. The van der Waals surface area contributed by atoms with Gasteiger partial charge in [0.2, 0.25) is 0 Å². The number of nitrogens with zero attached hydrogens (tertiary/aromatic N) is 1. The molecule has 0 aliphatic heterocycles. The summed E-state index contributed by atoms with van der Waals surface area (Å²) in [4.78, 5) is 4.59. The Morgan fingerprint density at radius 3 is 2.32 bits per heavy atom. The van der Waals surface area contributed by atoms with E-state index in [0.29, 0.717) is 36.2 Å². The smallest absolute Gasteiger partial charge is 0.191 e. The van der Waals surface area contributed by atoms with Crippen LogP contribution in [0.15, 0.2) is 53.5 Å². The molecule has 0 radical (unpaired) electrons. The average Bonchev–Trinajstić information content (AvgIpc) is 2.71. The summed E-state index contributed by atoms with van der Waals surface area (Å²) in [6.07, 6.45) is 1.78. The molecule has 2 rings (SSSR count). The van der Waals surface area contributed by atoms with E-state index >= 15 is 0 Å². The first-order valence-corrected chi connectivity index (χ1v) is 12.0. The van der Waals surface area contributed by atoms with E-state index in [-0.39, 0.29) is 35.8 Å². The highest BCUT2D eigenvalue weighted by molar-refractivity contribution is 14.0. The van der Waals surface area contributed by atoms with E-state index in [1.165, 1.54) is 6.26 Å². The third kappa shape index (κ3) is 10.2. The molecule has 0 aromatic heterocycles. The van der Waals surface area contributed by atoms with Crippen molar-refractivity contribution in [2.75, 3.05) is 25.7 Å². The topological polar surface area (TPSA) is 89.0 Å². The van der Waals surface area contributed by atoms with Crippen molar-refractivity contribution in [3.63, 3.8) is 0 Å². The number of nitrogens with one attached hydrogen (secondary N) is 2. The first-order chi connectivity index (χ1) is 14.3. The third-order valence-electron chi connectivity index (χ3n) is 4.29. The van der Waals surface area contributed by atoms with Crippen LogP contribution in [-0.4, -0.2) is 46.1 Å². The lowest BCUT2D eigenvalue weighted by molar-refractivity contribution is 0.379. The maximum Gasteiger partial charge on any atom is 0.191 e. The molecular formula is C22H32IN3O4S. The molecule has 0 aliphatic rings. The number of benzene rings is 2. The SMILES string of the molecule is CCNC(=NCc1ccc(Oc2ccccc2OC)cc1)NC(C)CCS(C)(=O)=O.I. The van der Waals surface area contributed by atoms with Gasteiger partial charge in [-0.25, -0.2) is 13.4 Å². The Kier molecular flexibility index (Phi) is 11.7. The lowest BCUT2D eigenvalue weighted by Gasteiger charge is -2.17. The monoisotopic (exact) mass is 561 g/mol. The fourth-order valence-electron chi connectivity index (χ4n) is 2.68. The molecule has 172 valence electrons. The molecule has 0 amide bonds. The predicted molar refractivity (Wildman–Crippen MR) is 137 cm³/mol. The van der Waals surface area contributed by atoms with Crippen LogP contribution in [0, 0.1) is 0 Å². The summed E-state index contributed by atoms with van der Waals surface area (Å²) in [5, 5.41) is 6.44. The highest BCUT2D eigenvalue weighted by Crippen LogP contribution is 2.30. The van der Waals surface area contributed by atoms with E-state index in [4.69, 9.17) is 9.47 Å². The van der Waals surface area contributed by atoms with E-state index < -0.39 is 9.84 Å². The minimum absolute atomic E-state index is 0. The quantitative estimate of drug-likeness (QED) is 0.259. The van der Waals surface area contributed by atoms with Crippen molar-refractivity contribution in [1.82, 2.24) is 10.6 Å². The van der Waals surface area contributed by atoms with Crippen LogP contribution < -0.4 is 20.1 Å². The molecule has 2 aromatic rings. The van der Waals surface area contributed by atoms with Crippen molar-refractivity contribution in [3.05, 3.63) is 54.1 Å². The second kappa shape index (κ2) is 13.4. The molecule has 0 fully saturated rings. The van der Waals surface area contributed by atoms with Crippen molar-refractivity contribution in [2.45, 2.75) is 32.9 Å². The van der Waals surface area contributed by atoms with Gasteiger partial charge < -0.3 is 20.1 Å². The van der Waals surface area contributed by atoms with Crippen LogP contribution in [0.4, 0.5) is 0 Å². The number of ether oxygens (including phenoxy) is 2. The van der Waals surface area contributed by atoms with Gasteiger partial charge in [0, 0.05) is 18.8 Å². The number of hydrogen-bond acceptors (Lipinski definition) is 5. The molecule has 1 unspecified atom stereocenters. The number of aliphatic imine (C=N–C) groups is 1. The van der Waals surface area contributed by atoms with Crippen molar-refractivity contribution in [3.8, 4) is 17.2 Å². The summed E-state index contributed by atoms with van der Waals surface area (Å²) in [6, 6.07) is 15.2. The summed E-state index contributed by atoms with van der Waals surface area (Å²) in [7, 11) is -1.36. The summed E-state index contributed by atoms with van der Waals surface area (Å²) in [6.45, 7) is 5.14. The van der Waals surface area contributed by atoms with Gasteiger partial charge in [-0.05, 0) is 50.1 Å². The van der Waals surface area contributed by atoms with E-state index in [2.05, 4.69) is 15.6 Å². The van der Waals surface area contributed by atoms with Crippen molar-refractivity contribution in [2.24, 2.45) is 4.99 Å². The molecule has 0 aliphatic carbocycles. The number of sulfone groups is 1. The van der Waals surface area contributed by atoms with Gasteiger partial charge in [-0.2, -0.15) is 0 Å². The number of methoxy groups -OCH3 is 1. The van der Waals surface area contributed by atoms with Crippen molar-refractivity contribution >= 4 is 39.8 Å². The van der Waals surface area contributed by atoms with E-state index in [1.54, 1.807) is 7.11 Å². The van der Waals surface area contributed by atoms with Gasteiger partial charge in [-0.15, -0.1) is 24.0 Å². The lowest BCUT2D eigenvalue weighted by atomic mass is 10.2. The maximum absolute atomic E-state index is 11.3. The first-order valence-electron chi connectivity index (χ1n) is 9.93. The lowest BCUT2D eigenvalue weighted by Crippen LogP contribution is -2.42. The van der Waals surface area contributed by atoms with E-state index in [1.807, 2.05) is 62.4 Å². The molecule has 9 heteroatoms. The zero-order valence-electron chi connectivity index (χ0n) is 18.4. The first kappa shape index (κ1) is 27.0. The van der Waals surface area contributed by atoms with Gasteiger partial charge in [0.1, 0.15) is 15.6 Å². The fraction of sp³-hybridized carbons (Fsp3) is 0.409. The van der Waals surface area contributed by atoms with Crippen LogP contribution in [0.2, 0.25) is 0 Å². The molecular weight excluding hydrogens is 529 g/mol. The largest absolute Gasteiger partial charge is 0.493 e. The average molecular weight is 561 g/mol. The third-order valence-corrected chi connectivity index (χ3v) is 5.27. The Balaban J connectivity index is 0.00000480. The minimum atomic E-state index is -2.97. The van der Waals surface area contributed by atoms with Crippen molar-refractivity contribution in [1.29, 1.82) is 0 Å². The molecule has 2 aromatic carbocycles. The van der Waals surface area contributed by atoms with E-state index in [9.17, 15) is 8.42 Å². The second-order valence-corrected chi connectivity index (χ2v) is 9.32. The zero-order valence-corrected chi connectivity index (χ0v) is 21.6. The number of guanidine groups is 1. The molecule has 31 heavy (non-hydrogen) atoms. The Bertz CT molecular complexity index is 934. The van der Waals surface area contributed by atoms with Crippen LogP contribution in [0.5, 0.6) is 17.2 Å². The maximum atomic E-state index is 11.3. The zero-order chi connectivity index (χ0) is 22.0. The normalized spacial score (nSPS) is 12.5. The fourth-order valence-corrected chi connectivity index (χ4v) is 3.46. The van der Waals surface area contributed by atoms with E-state index in [0.717, 1.165) is 12.1 Å². The van der Waals surface area contributed by atoms with Crippen LogP contribution >= 0.6 is 24.0 Å². The molecule has 7 nitrogen and oxygen atoms in total. The Hall–Kier alpha value is -2.01. The molecule has 0 bridgehead atoms. The predicted octanol–water partition coefficient (Wildman–Crippen LogP) is 3.98. The molecule has 0 heterocycles. The van der Waals surface area contributed by atoms with Crippen LogP contribution in [0.1, 0.15) is 25.8 Å². The highest BCUT2D eigenvalue weighted by Gasteiger charge is 2.09. The van der Waals surface area contributed by atoms with Gasteiger partial charge in [-0.1, -0.05) is 24.3 Å². The van der Waals surface area contributed by atoms with Gasteiger partial charge >= 0.3 is 0 Å². The molecule has 0 saturated heterocycles.